The van der Waals surface area contributed by atoms with E-state index in [1.54, 1.807) is 18.3 Å². The number of rotatable bonds is 2. The van der Waals surface area contributed by atoms with Crippen molar-refractivity contribution in [1.29, 1.82) is 0 Å². The van der Waals surface area contributed by atoms with Gasteiger partial charge in [-0.25, -0.2) is 9.98 Å². The molecule has 0 fully saturated rings. The molecule has 3 aliphatic rings. The quantitative estimate of drug-likeness (QED) is 0.597. The molecule has 6 rings (SSSR count). The number of nitrogens with two attached hydrogens (primary N) is 1. The molecule has 2 aromatic heterocycles. The van der Waals surface area contributed by atoms with E-state index in [2.05, 4.69) is 21.0 Å². The molecule has 5 heterocycles. The number of nitrogens with zero attached hydrogens (tertiary/aromatic N) is 3. The zero-order valence-corrected chi connectivity index (χ0v) is 17.8. The second kappa shape index (κ2) is 7.67. The summed E-state index contributed by atoms with van der Waals surface area (Å²) >= 11 is 0. The Kier molecular flexibility index (Phi) is 4.62. The summed E-state index contributed by atoms with van der Waals surface area (Å²) in [5, 5.41) is 0. The molecular weight excluding hydrogens is 423 g/mol. The van der Waals surface area contributed by atoms with Gasteiger partial charge < -0.3 is 19.9 Å². The van der Waals surface area contributed by atoms with Gasteiger partial charge in [0.2, 0.25) is 5.95 Å². The second-order valence-corrected chi connectivity index (χ2v) is 8.19. The molecule has 0 radical (unpaired) electrons. The van der Waals surface area contributed by atoms with Gasteiger partial charge in [-0.2, -0.15) is 4.39 Å². The van der Waals surface area contributed by atoms with Crippen molar-refractivity contribution >= 4 is 11.6 Å². The highest BCUT2D eigenvalue weighted by Gasteiger charge is 2.47. The maximum Gasteiger partial charge on any atom is 0.283 e. The van der Waals surface area contributed by atoms with Gasteiger partial charge in [0.25, 0.3) is 6.02 Å². The van der Waals surface area contributed by atoms with Crippen LogP contribution < -0.4 is 10.5 Å². The molecule has 1 aromatic carbocycles. The van der Waals surface area contributed by atoms with Crippen LogP contribution in [0.25, 0.3) is 16.7 Å². The van der Waals surface area contributed by atoms with Crippen LogP contribution in [0.5, 0.6) is 11.5 Å². The molecule has 166 valence electrons. The minimum Gasteiger partial charge on any atom is -0.455 e. The van der Waals surface area contributed by atoms with Gasteiger partial charge in [-0.3, -0.25) is 4.98 Å². The number of aromatic nitrogens is 2. The summed E-state index contributed by atoms with van der Waals surface area (Å²) < 4.78 is 32.6. The minimum absolute atomic E-state index is 0.108. The maximum absolute atomic E-state index is 14.5. The molecule has 7 nitrogen and oxygen atoms in total. The lowest BCUT2D eigenvalue weighted by molar-refractivity contribution is 0.0634. The average molecular weight is 444 g/mol. The van der Waals surface area contributed by atoms with Crippen LogP contribution in [0, 0.1) is 5.95 Å². The molecule has 0 saturated heterocycles. The van der Waals surface area contributed by atoms with Crippen LogP contribution in [0.2, 0.25) is 0 Å². The summed E-state index contributed by atoms with van der Waals surface area (Å²) in [4.78, 5) is 12.6. The van der Waals surface area contributed by atoms with E-state index in [0.29, 0.717) is 48.8 Å². The van der Waals surface area contributed by atoms with Gasteiger partial charge in [0.05, 0.1) is 25.1 Å². The first-order valence-corrected chi connectivity index (χ1v) is 10.8. The highest BCUT2D eigenvalue weighted by Crippen LogP contribution is 2.52. The molecule has 0 saturated carbocycles. The predicted octanol–water partition coefficient (Wildman–Crippen LogP) is 4.17. The maximum atomic E-state index is 14.5. The van der Waals surface area contributed by atoms with Crippen LogP contribution >= 0.6 is 0 Å². The lowest BCUT2D eigenvalue weighted by Crippen LogP contribution is -2.42. The zero-order chi connectivity index (χ0) is 22.4. The fraction of sp³-hybridized carbons (Fsp3) is 0.240. The van der Waals surface area contributed by atoms with Crippen LogP contribution in [-0.4, -0.2) is 35.7 Å². The third kappa shape index (κ3) is 3.25. The molecule has 8 heteroatoms. The Morgan fingerprint density at radius 2 is 1.97 bits per heavy atom. The van der Waals surface area contributed by atoms with Crippen LogP contribution in [0.15, 0.2) is 59.9 Å². The van der Waals surface area contributed by atoms with Crippen molar-refractivity contribution in [2.45, 2.75) is 18.4 Å². The van der Waals surface area contributed by atoms with Crippen molar-refractivity contribution in [2.75, 3.05) is 19.8 Å². The van der Waals surface area contributed by atoms with Gasteiger partial charge in [-0.15, -0.1) is 0 Å². The number of hydrogen-bond donors (Lipinski definition) is 1. The largest absolute Gasteiger partial charge is 0.455 e. The third-order valence-corrected chi connectivity index (χ3v) is 6.26. The fourth-order valence-corrected chi connectivity index (χ4v) is 4.68. The second-order valence-electron chi connectivity index (χ2n) is 8.19. The number of amidine groups is 1. The lowest BCUT2D eigenvalue weighted by Gasteiger charge is -2.41. The number of benzene rings is 1. The number of ether oxygens (including phenoxy) is 3. The van der Waals surface area contributed by atoms with Gasteiger partial charge >= 0.3 is 0 Å². The highest BCUT2D eigenvalue weighted by atomic mass is 19.1. The van der Waals surface area contributed by atoms with Crippen molar-refractivity contribution < 1.29 is 18.6 Å². The van der Waals surface area contributed by atoms with Gasteiger partial charge in [-0.1, -0.05) is 12.1 Å². The van der Waals surface area contributed by atoms with Crippen LogP contribution in [0.1, 0.15) is 29.7 Å². The van der Waals surface area contributed by atoms with E-state index >= 15 is 0 Å². The fourth-order valence-electron chi connectivity index (χ4n) is 4.68. The molecule has 1 atom stereocenters. The van der Waals surface area contributed by atoms with E-state index in [1.165, 1.54) is 6.20 Å². The molecule has 0 unspecified atom stereocenters. The predicted molar refractivity (Wildman–Crippen MR) is 120 cm³/mol. The Morgan fingerprint density at radius 3 is 2.79 bits per heavy atom. The van der Waals surface area contributed by atoms with Gasteiger partial charge in [-0.05, 0) is 47.9 Å². The highest BCUT2D eigenvalue weighted by molar-refractivity contribution is 5.76. The van der Waals surface area contributed by atoms with Crippen molar-refractivity contribution in [1.82, 2.24) is 9.97 Å². The Balaban J connectivity index is 1.54. The number of aliphatic imine (C=N–C) groups is 1. The van der Waals surface area contributed by atoms with Gasteiger partial charge in [0.15, 0.2) is 11.4 Å². The molecule has 2 N–H and O–H groups in total. The molecule has 3 aromatic rings. The Morgan fingerprint density at radius 1 is 1.06 bits per heavy atom. The molecular formula is C25H21FN4O3. The van der Waals surface area contributed by atoms with E-state index in [0.717, 1.165) is 28.8 Å². The lowest BCUT2D eigenvalue weighted by atomic mass is 9.79. The zero-order valence-electron chi connectivity index (χ0n) is 17.8. The summed E-state index contributed by atoms with van der Waals surface area (Å²) in [5.41, 5.74) is 9.62. The van der Waals surface area contributed by atoms with E-state index in [1.807, 2.05) is 24.3 Å². The summed E-state index contributed by atoms with van der Waals surface area (Å²) in [5.74, 6) is 0.670. The summed E-state index contributed by atoms with van der Waals surface area (Å²) in [7, 11) is 0. The van der Waals surface area contributed by atoms with E-state index < -0.39 is 11.5 Å². The van der Waals surface area contributed by atoms with Gasteiger partial charge in [0, 0.05) is 35.9 Å². The summed E-state index contributed by atoms with van der Waals surface area (Å²) in [6.45, 7) is 1.70. The van der Waals surface area contributed by atoms with Gasteiger partial charge in [0.1, 0.15) is 5.75 Å². The van der Waals surface area contributed by atoms with E-state index in [-0.39, 0.29) is 6.02 Å². The molecule has 1 spiro atoms. The molecule has 3 aliphatic heterocycles. The average Bonchev–Trinajstić information content (AvgIpc) is 2.85. The summed E-state index contributed by atoms with van der Waals surface area (Å²) in [6, 6.07) is 11.0. The first-order chi connectivity index (χ1) is 16.1. The third-order valence-electron chi connectivity index (χ3n) is 6.26. The van der Waals surface area contributed by atoms with Crippen molar-refractivity contribution in [2.24, 2.45) is 10.7 Å². The standard InChI is InChI=1S/C25H21FN4O3/c26-23-17(4-1-8-28-23)15-5-6-21-18(11-15)25(7-9-29-24(27)33-25)19-12-20(30-13-22(19)32-21)16-3-2-10-31-14-16/h1,3-6,8,11-13H,2,7,9-10,14H2,(H2,27,29)/t25-/m0/s1. The molecule has 0 bridgehead atoms. The normalized spacial score (nSPS) is 21.2. The van der Waals surface area contributed by atoms with Crippen molar-refractivity contribution in [3.05, 3.63) is 77.6 Å². The van der Waals surface area contributed by atoms with E-state index in [9.17, 15) is 4.39 Å². The number of pyridine rings is 2. The van der Waals surface area contributed by atoms with Crippen LogP contribution in [-0.2, 0) is 15.1 Å². The molecule has 33 heavy (non-hydrogen) atoms. The Labute approximate surface area is 189 Å². The SMILES string of the molecule is NC1=NCC[C@]2(O1)c1cc(-c3cccnc3F)ccc1Oc1cnc(C3=CCCOC3)cc12. The first-order valence-electron chi connectivity index (χ1n) is 10.8. The minimum atomic E-state index is -0.933. The molecule has 0 amide bonds. The monoisotopic (exact) mass is 444 g/mol. The smallest absolute Gasteiger partial charge is 0.283 e. The Bertz CT molecular complexity index is 1320. The van der Waals surface area contributed by atoms with E-state index in [4.69, 9.17) is 19.9 Å². The number of halogens is 1. The number of hydrogen-bond acceptors (Lipinski definition) is 7. The van der Waals surface area contributed by atoms with Crippen molar-refractivity contribution in [3.63, 3.8) is 0 Å². The first kappa shape index (κ1) is 19.9. The van der Waals surface area contributed by atoms with Crippen molar-refractivity contribution in [3.8, 4) is 22.6 Å². The van der Waals surface area contributed by atoms with Crippen LogP contribution in [0.4, 0.5) is 4.39 Å². The number of fused-ring (bicyclic) bond motifs is 4. The van der Waals surface area contributed by atoms with Crippen LogP contribution in [0.3, 0.4) is 0 Å². The Hall–Kier alpha value is -3.78. The summed E-state index contributed by atoms with van der Waals surface area (Å²) in [6.07, 6.45) is 6.68. The topological polar surface area (TPSA) is 91.9 Å². The molecule has 0 aliphatic carbocycles.